The molecular weight excluding hydrogens is 292 g/mol. The van der Waals surface area contributed by atoms with Crippen LogP contribution in [0.2, 0.25) is 0 Å². The third kappa shape index (κ3) is 3.96. The molecule has 2 aromatic carbocycles. The molecule has 1 amide bonds. The molecule has 5 nitrogen and oxygen atoms in total. The Bertz CT molecular complexity index is 644. The van der Waals surface area contributed by atoms with Gasteiger partial charge >= 0.3 is 0 Å². The number of hydrogen-bond donors (Lipinski definition) is 1. The van der Waals surface area contributed by atoms with Gasteiger partial charge in [0.15, 0.2) is 6.61 Å². The Kier molecular flexibility index (Phi) is 5.88. The fourth-order valence-corrected chi connectivity index (χ4v) is 2.22. The number of benzene rings is 2. The number of ether oxygens (including phenoxy) is 1. The van der Waals surface area contributed by atoms with E-state index in [1.165, 1.54) is 7.11 Å². The first-order chi connectivity index (χ1) is 11.2. The minimum atomic E-state index is -1.25. The van der Waals surface area contributed by atoms with Crippen LogP contribution in [-0.4, -0.2) is 32.9 Å². The van der Waals surface area contributed by atoms with Crippen molar-refractivity contribution in [2.24, 2.45) is 5.16 Å². The van der Waals surface area contributed by atoms with Gasteiger partial charge in [0, 0.05) is 14.2 Å². The number of carbonyl (C=O) groups excluding carboxylic acids is 1. The van der Waals surface area contributed by atoms with Gasteiger partial charge in [0.2, 0.25) is 5.60 Å². The molecule has 2 rings (SSSR count). The molecule has 0 radical (unpaired) electrons. The van der Waals surface area contributed by atoms with E-state index in [9.17, 15) is 4.79 Å². The van der Waals surface area contributed by atoms with Gasteiger partial charge in [0.05, 0.1) is 6.21 Å². The summed E-state index contributed by atoms with van der Waals surface area (Å²) >= 11 is 0. The van der Waals surface area contributed by atoms with Crippen LogP contribution in [0.15, 0.2) is 65.8 Å². The van der Waals surface area contributed by atoms with Crippen LogP contribution in [0.5, 0.6) is 0 Å². The number of likely N-dealkylation sites (N-methyl/N-ethyl adjacent to an activating group) is 1. The number of carbonyl (C=O) groups is 1. The Balaban J connectivity index is 2.15. The van der Waals surface area contributed by atoms with Gasteiger partial charge in [-0.05, 0) is 11.1 Å². The molecule has 1 N–H and O–H groups in total. The molecule has 120 valence electrons. The lowest BCUT2D eigenvalue weighted by molar-refractivity contribution is -0.153. The SMILES string of the molecule is CNC(=O)C(CO/N=C/c1ccccc1)(OC)c1ccccc1. The van der Waals surface area contributed by atoms with Crippen LogP contribution >= 0.6 is 0 Å². The van der Waals surface area contributed by atoms with Crippen molar-refractivity contribution in [1.29, 1.82) is 0 Å². The van der Waals surface area contributed by atoms with Crippen LogP contribution < -0.4 is 5.32 Å². The third-order valence-electron chi connectivity index (χ3n) is 3.53. The number of oxime groups is 1. The van der Waals surface area contributed by atoms with Crippen LogP contribution in [-0.2, 0) is 20.0 Å². The molecule has 0 saturated heterocycles. The van der Waals surface area contributed by atoms with Crippen molar-refractivity contribution in [3.63, 3.8) is 0 Å². The molecule has 0 bridgehead atoms. The molecule has 0 aliphatic heterocycles. The highest BCUT2D eigenvalue weighted by Crippen LogP contribution is 2.26. The number of nitrogens with zero attached hydrogens (tertiary/aromatic N) is 1. The lowest BCUT2D eigenvalue weighted by atomic mass is 9.93. The zero-order valence-electron chi connectivity index (χ0n) is 13.2. The van der Waals surface area contributed by atoms with Gasteiger partial charge in [0.1, 0.15) is 0 Å². The fourth-order valence-electron chi connectivity index (χ4n) is 2.22. The van der Waals surface area contributed by atoms with E-state index in [4.69, 9.17) is 9.57 Å². The van der Waals surface area contributed by atoms with Gasteiger partial charge in [-0.15, -0.1) is 0 Å². The third-order valence-corrected chi connectivity index (χ3v) is 3.53. The quantitative estimate of drug-likeness (QED) is 0.630. The second kappa shape index (κ2) is 8.10. The standard InChI is InChI=1S/C18H20N2O3/c1-19-17(21)18(22-2,16-11-7-4-8-12-16)14-23-20-13-15-9-5-3-6-10-15/h3-13H,14H2,1-2H3,(H,19,21)/b20-13+. The summed E-state index contributed by atoms with van der Waals surface area (Å²) < 4.78 is 5.52. The van der Waals surface area contributed by atoms with Gasteiger partial charge in [-0.1, -0.05) is 65.8 Å². The van der Waals surface area contributed by atoms with Crippen LogP contribution in [0.4, 0.5) is 0 Å². The smallest absolute Gasteiger partial charge is 0.260 e. The highest BCUT2D eigenvalue weighted by molar-refractivity contribution is 5.86. The van der Waals surface area contributed by atoms with Crippen LogP contribution in [0.25, 0.3) is 0 Å². The van der Waals surface area contributed by atoms with E-state index in [0.29, 0.717) is 5.56 Å². The van der Waals surface area contributed by atoms with E-state index in [1.54, 1.807) is 13.3 Å². The summed E-state index contributed by atoms with van der Waals surface area (Å²) in [4.78, 5) is 17.7. The van der Waals surface area contributed by atoms with Gasteiger partial charge in [0.25, 0.3) is 5.91 Å². The van der Waals surface area contributed by atoms with E-state index in [2.05, 4.69) is 10.5 Å². The normalized spacial score (nSPS) is 13.5. The number of hydrogen-bond acceptors (Lipinski definition) is 4. The summed E-state index contributed by atoms with van der Waals surface area (Å²) in [5.74, 6) is -0.291. The van der Waals surface area contributed by atoms with Crippen LogP contribution in [0, 0.1) is 0 Å². The predicted molar refractivity (Wildman–Crippen MR) is 89.2 cm³/mol. The minimum absolute atomic E-state index is 0.0312. The molecule has 0 fully saturated rings. The molecule has 5 heteroatoms. The lowest BCUT2D eigenvalue weighted by Gasteiger charge is -2.29. The van der Waals surface area contributed by atoms with E-state index >= 15 is 0 Å². The van der Waals surface area contributed by atoms with E-state index < -0.39 is 5.60 Å². The van der Waals surface area contributed by atoms with Gasteiger partial charge in [-0.25, -0.2) is 0 Å². The van der Waals surface area contributed by atoms with Gasteiger partial charge in [-0.3, -0.25) is 4.79 Å². The molecule has 1 unspecified atom stereocenters. The molecule has 0 aliphatic carbocycles. The number of methoxy groups -OCH3 is 1. The van der Waals surface area contributed by atoms with Crippen molar-refractivity contribution >= 4 is 12.1 Å². The number of nitrogens with one attached hydrogen (secondary N) is 1. The zero-order valence-corrected chi connectivity index (χ0v) is 13.2. The summed E-state index contributed by atoms with van der Waals surface area (Å²) in [5.41, 5.74) is 0.372. The molecular formula is C18H20N2O3. The Labute approximate surface area is 135 Å². The average molecular weight is 312 g/mol. The molecule has 0 aliphatic rings. The Morgan fingerprint density at radius 2 is 1.74 bits per heavy atom. The summed E-state index contributed by atoms with van der Waals surface area (Å²) in [6, 6.07) is 18.8. The summed E-state index contributed by atoms with van der Waals surface area (Å²) in [7, 11) is 3.04. The topological polar surface area (TPSA) is 59.9 Å². The monoisotopic (exact) mass is 312 g/mol. The van der Waals surface area contributed by atoms with E-state index in [1.807, 2.05) is 60.7 Å². The van der Waals surface area contributed by atoms with Crippen molar-refractivity contribution in [3.8, 4) is 0 Å². The maximum absolute atomic E-state index is 12.4. The first kappa shape index (κ1) is 16.7. The van der Waals surface area contributed by atoms with Crippen molar-refractivity contribution < 1.29 is 14.4 Å². The molecule has 1 atom stereocenters. The second-order valence-corrected chi connectivity index (χ2v) is 4.89. The minimum Gasteiger partial charge on any atom is -0.392 e. The maximum Gasteiger partial charge on any atom is 0.260 e. The lowest BCUT2D eigenvalue weighted by Crippen LogP contribution is -2.47. The summed E-state index contributed by atoms with van der Waals surface area (Å²) in [6.07, 6.45) is 1.59. The van der Waals surface area contributed by atoms with Crippen molar-refractivity contribution in [2.45, 2.75) is 5.60 Å². The fraction of sp³-hybridized carbons (Fsp3) is 0.222. The zero-order chi connectivity index (χ0) is 16.5. The first-order valence-electron chi connectivity index (χ1n) is 7.26. The van der Waals surface area contributed by atoms with Crippen LogP contribution in [0.3, 0.4) is 0 Å². The summed E-state index contributed by atoms with van der Waals surface area (Å²) in [5, 5.41) is 6.55. The second-order valence-electron chi connectivity index (χ2n) is 4.89. The van der Waals surface area contributed by atoms with Gasteiger partial charge in [-0.2, -0.15) is 0 Å². The van der Waals surface area contributed by atoms with E-state index in [-0.39, 0.29) is 12.5 Å². The average Bonchev–Trinajstić information content (AvgIpc) is 2.63. The molecule has 0 spiro atoms. The van der Waals surface area contributed by atoms with Crippen molar-refractivity contribution in [2.75, 3.05) is 20.8 Å². The van der Waals surface area contributed by atoms with Crippen LogP contribution in [0.1, 0.15) is 11.1 Å². The highest BCUT2D eigenvalue weighted by atomic mass is 16.6. The number of amides is 1. The van der Waals surface area contributed by atoms with Crippen molar-refractivity contribution in [1.82, 2.24) is 5.32 Å². The Morgan fingerprint density at radius 3 is 2.30 bits per heavy atom. The largest absolute Gasteiger partial charge is 0.392 e. The molecule has 0 heterocycles. The summed E-state index contributed by atoms with van der Waals surface area (Å²) in [6.45, 7) is -0.0312. The molecule has 23 heavy (non-hydrogen) atoms. The number of rotatable bonds is 7. The van der Waals surface area contributed by atoms with Crippen molar-refractivity contribution in [3.05, 3.63) is 71.8 Å². The molecule has 0 saturated carbocycles. The molecule has 0 aromatic heterocycles. The Morgan fingerprint density at radius 1 is 1.13 bits per heavy atom. The van der Waals surface area contributed by atoms with E-state index in [0.717, 1.165) is 5.56 Å². The highest BCUT2D eigenvalue weighted by Gasteiger charge is 2.41. The molecule has 2 aromatic rings. The Hall–Kier alpha value is -2.66. The van der Waals surface area contributed by atoms with Gasteiger partial charge < -0.3 is 14.9 Å². The predicted octanol–water partition coefficient (Wildman–Crippen LogP) is 2.33. The first-order valence-corrected chi connectivity index (χ1v) is 7.26. The maximum atomic E-state index is 12.4.